The van der Waals surface area contributed by atoms with E-state index in [1.54, 1.807) is 11.3 Å². The molecule has 0 aliphatic rings. The lowest BCUT2D eigenvalue weighted by Gasteiger charge is -2.07. The van der Waals surface area contributed by atoms with Crippen molar-refractivity contribution >= 4 is 11.3 Å². The number of rotatable bonds is 6. The molecule has 0 saturated carbocycles. The van der Waals surface area contributed by atoms with Gasteiger partial charge in [-0.2, -0.15) is 5.21 Å². The molecule has 0 aliphatic carbocycles. The molecule has 0 aliphatic heterocycles. The number of hydrogen-bond acceptors (Lipinski definition) is 6. The number of nitrogens with one attached hydrogen (secondary N) is 1. The SMILES string of the molecule is OC(CCc1ccsc1Cc1ccncc1)c1nn[nH]n1. The molecule has 7 heteroatoms. The van der Waals surface area contributed by atoms with Gasteiger partial charge in [-0.05, 0) is 47.5 Å². The number of aliphatic hydroxyl groups excluding tert-OH is 1. The van der Waals surface area contributed by atoms with E-state index in [2.05, 4.69) is 37.1 Å². The standard InChI is InChI=1S/C14H15N5OS/c20-12(14-16-18-19-17-14)2-1-11-5-8-21-13(11)9-10-3-6-15-7-4-10/h3-8,12,20H,1-2,9H2,(H,16,17,18,19). The molecule has 0 aromatic carbocycles. The summed E-state index contributed by atoms with van der Waals surface area (Å²) in [5, 5.41) is 25.5. The maximum Gasteiger partial charge on any atom is 0.202 e. The Balaban J connectivity index is 1.63. The summed E-state index contributed by atoms with van der Waals surface area (Å²) in [5.74, 6) is 0.348. The van der Waals surface area contributed by atoms with Crippen LogP contribution in [-0.2, 0) is 12.8 Å². The normalized spacial score (nSPS) is 12.4. The topological polar surface area (TPSA) is 87.6 Å². The Morgan fingerprint density at radius 3 is 2.86 bits per heavy atom. The summed E-state index contributed by atoms with van der Waals surface area (Å²) in [4.78, 5) is 5.35. The second-order valence-electron chi connectivity index (χ2n) is 4.73. The predicted octanol–water partition coefficient (Wildman–Crippen LogP) is 1.91. The van der Waals surface area contributed by atoms with Crippen LogP contribution in [0.4, 0.5) is 0 Å². The van der Waals surface area contributed by atoms with E-state index in [1.165, 1.54) is 16.0 Å². The van der Waals surface area contributed by atoms with E-state index < -0.39 is 6.10 Å². The monoisotopic (exact) mass is 301 g/mol. The van der Waals surface area contributed by atoms with E-state index in [9.17, 15) is 5.11 Å². The van der Waals surface area contributed by atoms with Gasteiger partial charge in [-0.15, -0.1) is 21.5 Å². The average molecular weight is 301 g/mol. The summed E-state index contributed by atoms with van der Waals surface area (Å²) < 4.78 is 0. The van der Waals surface area contributed by atoms with Gasteiger partial charge in [0.15, 0.2) is 0 Å². The van der Waals surface area contributed by atoms with Crippen LogP contribution in [0, 0.1) is 0 Å². The Morgan fingerprint density at radius 2 is 2.10 bits per heavy atom. The molecule has 0 saturated heterocycles. The Morgan fingerprint density at radius 1 is 1.24 bits per heavy atom. The van der Waals surface area contributed by atoms with Crippen LogP contribution in [0.2, 0.25) is 0 Å². The fraction of sp³-hybridized carbons (Fsp3) is 0.286. The highest BCUT2D eigenvalue weighted by Gasteiger charge is 2.14. The Bertz CT molecular complexity index is 668. The molecule has 1 atom stereocenters. The summed E-state index contributed by atoms with van der Waals surface area (Å²) in [7, 11) is 0. The molecular weight excluding hydrogens is 286 g/mol. The summed E-state index contributed by atoms with van der Waals surface area (Å²) in [6, 6.07) is 6.17. The van der Waals surface area contributed by atoms with E-state index in [0.29, 0.717) is 12.2 Å². The zero-order chi connectivity index (χ0) is 14.5. The number of aromatic nitrogens is 5. The maximum atomic E-state index is 10.00. The Kier molecular flexibility index (Phi) is 4.32. The first-order chi connectivity index (χ1) is 10.3. The van der Waals surface area contributed by atoms with Crippen molar-refractivity contribution in [2.75, 3.05) is 0 Å². The number of aliphatic hydroxyl groups is 1. The highest BCUT2D eigenvalue weighted by molar-refractivity contribution is 7.10. The minimum atomic E-state index is -0.683. The van der Waals surface area contributed by atoms with E-state index in [0.717, 1.165) is 12.8 Å². The van der Waals surface area contributed by atoms with Crippen molar-refractivity contribution in [3.63, 3.8) is 0 Å². The van der Waals surface area contributed by atoms with Gasteiger partial charge in [0.25, 0.3) is 0 Å². The molecule has 2 N–H and O–H groups in total. The summed E-state index contributed by atoms with van der Waals surface area (Å²) >= 11 is 1.74. The highest BCUT2D eigenvalue weighted by atomic mass is 32.1. The third kappa shape index (κ3) is 3.50. The summed E-state index contributed by atoms with van der Waals surface area (Å²) in [6.45, 7) is 0. The zero-order valence-electron chi connectivity index (χ0n) is 11.3. The number of thiophene rings is 1. The van der Waals surface area contributed by atoms with Crippen LogP contribution in [0.3, 0.4) is 0 Å². The van der Waals surface area contributed by atoms with Crippen molar-refractivity contribution in [2.45, 2.75) is 25.4 Å². The largest absolute Gasteiger partial charge is 0.385 e. The van der Waals surface area contributed by atoms with Gasteiger partial charge in [-0.3, -0.25) is 4.98 Å². The van der Waals surface area contributed by atoms with Crippen molar-refractivity contribution in [3.05, 3.63) is 57.8 Å². The molecule has 6 nitrogen and oxygen atoms in total. The smallest absolute Gasteiger partial charge is 0.202 e. The van der Waals surface area contributed by atoms with E-state index in [4.69, 9.17) is 0 Å². The van der Waals surface area contributed by atoms with Gasteiger partial charge in [-0.25, -0.2) is 0 Å². The van der Waals surface area contributed by atoms with Crippen LogP contribution < -0.4 is 0 Å². The van der Waals surface area contributed by atoms with Gasteiger partial charge in [0.05, 0.1) is 0 Å². The molecule has 21 heavy (non-hydrogen) atoms. The molecule has 3 rings (SSSR count). The van der Waals surface area contributed by atoms with Gasteiger partial charge in [0, 0.05) is 23.7 Å². The maximum absolute atomic E-state index is 10.00. The number of aryl methyl sites for hydroxylation is 1. The Labute approximate surface area is 125 Å². The van der Waals surface area contributed by atoms with Gasteiger partial charge in [0.1, 0.15) is 6.10 Å². The number of aromatic amines is 1. The zero-order valence-corrected chi connectivity index (χ0v) is 12.1. The molecule has 0 spiro atoms. The third-order valence-corrected chi connectivity index (χ3v) is 4.26. The average Bonchev–Trinajstić information content (AvgIpc) is 3.18. The van der Waals surface area contributed by atoms with Crippen molar-refractivity contribution in [1.82, 2.24) is 25.6 Å². The van der Waals surface area contributed by atoms with Crippen LogP contribution in [-0.4, -0.2) is 30.7 Å². The van der Waals surface area contributed by atoms with Crippen molar-refractivity contribution < 1.29 is 5.11 Å². The minimum absolute atomic E-state index is 0.348. The molecule has 0 radical (unpaired) electrons. The molecule has 3 aromatic rings. The van der Waals surface area contributed by atoms with Crippen LogP contribution >= 0.6 is 11.3 Å². The van der Waals surface area contributed by atoms with Gasteiger partial charge in [-0.1, -0.05) is 5.21 Å². The molecule has 108 valence electrons. The minimum Gasteiger partial charge on any atom is -0.385 e. The van der Waals surface area contributed by atoms with Crippen molar-refractivity contribution in [2.24, 2.45) is 0 Å². The second kappa shape index (κ2) is 6.55. The lowest BCUT2D eigenvalue weighted by molar-refractivity contribution is 0.158. The van der Waals surface area contributed by atoms with Crippen molar-refractivity contribution in [3.8, 4) is 0 Å². The lowest BCUT2D eigenvalue weighted by atomic mass is 10.0. The number of tetrazole rings is 1. The van der Waals surface area contributed by atoms with Crippen LogP contribution in [0.25, 0.3) is 0 Å². The number of H-pyrrole nitrogens is 1. The van der Waals surface area contributed by atoms with E-state index in [-0.39, 0.29) is 0 Å². The second-order valence-corrected chi connectivity index (χ2v) is 5.73. The highest BCUT2D eigenvalue weighted by Crippen LogP contribution is 2.24. The fourth-order valence-electron chi connectivity index (χ4n) is 2.16. The van der Waals surface area contributed by atoms with Crippen LogP contribution in [0.15, 0.2) is 36.0 Å². The first kappa shape index (κ1) is 13.8. The Hall–Kier alpha value is -2.12. The van der Waals surface area contributed by atoms with Gasteiger partial charge < -0.3 is 5.11 Å². The molecular formula is C14H15N5OS. The molecule has 3 heterocycles. The van der Waals surface area contributed by atoms with Crippen LogP contribution in [0.5, 0.6) is 0 Å². The van der Waals surface area contributed by atoms with E-state index >= 15 is 0 Å². The number of nitrogens with zero attached hydrogens (tertiary/aromatic N) is 4. The number of hydrogen-bond donors (Lipinski definition) is 2. The van der Waals surface area contributed by atoms with E-state index in [1.807, 2.05) is 24.5 Å². The third-order valence-electron chi connectivity index (χ3n) is 3.30. The summed E-state index contributed by atoms with van der Waals surface area (Å²) in [5.41, 5.74) is 2.51. The van der Waals surface area contributed by atoms with Crippen LogP contribution in [0.1, 0.15) is 34.4 Å². The van der Waals surface area contributed by atoms with Crippen molar-refractivity contribution in [1.29, 1.82) is 0 Å². The number of pyridine rings is 1. The van der Waals surface area contributed by atoms with Gasteiger partial charge >= 0.3 is 0 Å². The molecule has 0 amide bonds. The lowest BCUT2D eigenvalue weighted by Crippen LogP contribution is -2.02. The molecule has 1 unspecified atom stereocenters. The summed E-state index contributed by atoms with van der Waals surface area (Å²) in [6.07, 6.45) is 5.20. The predicted molar refractivity (Wildman–Crippen MR) is 78.8 cm³/mol. The first-order valence-electron chi connectivity index (χ1n) is 6.68. The molecule has 0 bridgehead atoms. The first-order valence-corrected chi connectivity index (χ1v) is 7.56. The quantitative estimate of drug-likeness (QED) is 0.726. The van der Waals surface area contributed by atoms with Gasteiger partial charge in [0.2, 0.25) is 5.82 Å². The molecule has 0 fully saturated rings. The fourth-order valence-corrected chi connectivity index (χ4v) is 3.13. The molecule has 3 aromatic heterocycles.